The molecule has 1 aliphatic carbocycles. The number of hydrogen-bond donors (Lipinski definition) is 4. The van der Waals surface area contributed by atoms with E-state index >= 15 is 0 Å². The molecule has 13 nitrogen and oxygen atoms in total. The first-order chi connectivity index (χ1) is 21.3. The van der Waals surface area contributed by atoms with Crippen LogP contribution in [0.2, 0.25) is 0 Å². The van der Waals surface area contributed by atoms with E-state index in [1.54, 1.807) is 25.1 Å². The first kappa shape index (κ1) is 35.1. The smallest absolute Gasteiger partial charge is 0.255 e. The predicted octanol–water partition coefficient (Wildman–Crippen LogP) is 1.50. The van der Waals surface area contributed by atoms with Crippen molar-refractivity contribution in [2.24, 2.45) is 0 Å². The van der Waals surface area contributed by atoms with E-state index in [1.165, 1.54) is 4.90 Å². The third kappa shape index (κ3) is 11.6. The van der Waals surface area contributed by atoms with Crippen LogP contribution in [0.25, 0.3) is 0 Å². The second-order valence-electron chi connectivity index (χ2n) is 11.1. The lowest BCUT2D eigenvalue weighted by Crippen LogP contribution is -2.46. The minimum absolute atomic E-state index is 0.0395. The zero-order valence-corrected chi connectivity index (χ0v) is 25.9. The number of amides is 5. The SMILES string of the molecule is CCCC(C(=O)NC=O)N1Cc2cc(NC(=O)CCOCCOCCOCCNC3CCC(NC(C)=O)CC3)ccc2C1=O. The van der Waals surface area contributed by atoms with Gasteiger partial charge in [0, 0.05) is 43.3 Å². The van der Waals surface area contributed by atoms with Crippen molar-refractivity contribution in [2.75, 3.05) is 51.5 Å². The van der Waals surface area contributed by atoms with Crippen LogP contribution >= 0.6 is 0 Å². The second-order valence-corrected chi connectivity index (χ2v) is 11.1. The van der Waals surface area contributed by atoms with E-state index in [4.69, 9.17) is 14.2 Å². The number of carbonyl (C=O) groups excluding carboxylic acids is 5. The maximum Gasteiger partial charge on any atom is 0.255 e. The molecule has 0 spiro atoms. The molecule has 5 amide bonds. The monoisotopic (exact) mass is 617 g/mol. The summed E-state index contributed by atoms with van der Waals surface area (Å²) in [5.74, 6) is -0.957. The van der Waals surface area contributed by atoms with E-state index in [-0.39, 0.29) is 37.3 Å². The summed E-state index contributed by atoms with van der Waals surface area (Å²) in [6.45, 7) is 7.05. The van der Waals surface area contributed by atoms with Crippen LogP contribution in [0.15, 0.2) is 18.2 Å². The first-order valence-corrected chi connectivity index (χ1v) is 15.5. The summed E-state index contributed by atoms with van der Waals surface area (Å²) >= 11 is 0. The highest BCUT2D eigenvalue weighted by molar-refractivity contribution is 6.03. The van der Waals surface area contributed by atoms with E-state index in [9.17, 15) is 24.0 Å². The summed E-state index contributed by atoms with van der Waals surface area (Å²) in [5, 5.41) is 11.5. The summed E-state index contributed by atoms with van der Waals surface area (Å²) in [7, 11) is 0. The fraction of sp³-hybridized carbons (Fsp3) is 0.645. The quantitative estimate of drug-likeness (QED) is 0.125. The maximum absolute atomic E-state index is 12.9. The van der Waals surface area contributed by atoms with Crippen molar-refractivity contribution in [3.63, 3.8) is 0 Å². The van der Waals surface area contributed by atoms with Gasteiger partial charge in [0.15, 0.2) is 0 Å². The lowest BCUT2D eigenvalue weighted by molar-refractivity contribution is -0.129. The van der Waals surface area contributed by atoms with Gasteiger partial charge in [-0.2, -0.15) is 0 Å². The number of hydrogen-bond acceptors (Lipinski definition) is 9. The van der Waals surface area contributed by atoms with Gasteiger partial charge >= 0.3 is 0 Å². The van der Waals surface area contributed by atoms with Crippen molar-refractivity contribution in [3.8, 4) is 0 Å². The molecule has 3 rings (SSSR count). The predicted molar refractivity (Wildman–Crippen MR) is 163 cm³/mol. The van der Waals surface area contributed by atoms with Gasteiger partial charge in [-0.25, -0.2) is 0 Å². The third-order valence-electron chi connectivity index (χ3n) is 7.69. The average molecular weight is 618 g/mol. The molecule has 0 aromatic heterocycles. The Labute approximate surface area is 259 Å². The Hall–Kier alpha value is -3.39. The van der Waals surface area contributed by atoms with Crippen LogP contribution < -0.4 is 21.3 Å². The van der Waals surface area contributed by atoms with E-state index in [0.717, 1.165) is 32.2 Å². The highest BCUT2D eigenvalue weighted by atomic mass is 16.5. The topological polar surface area (TPSA) is 164 Å². The van der Waals surface area contributed by atoms with Crippen LogP contribution in [0.3, 0.4) is 0 Å². The molecule has 1 unspecified atom stereocenters. The van der Waals surface area contributed by atoms with Crippen molar-refractivity contribution in [2.45, 2.75) is 83.5 Å². The average Bonchev–Trinajstić information content (AvgIpc) is 3.31. The molecule has 0 radical (unpaired) electrons. The molecular weight excluding hydrogens is 570 g/mol. The molecule has 244 valence electrons. The Morgan fingerprint density at radius 1 is 0.977 bits per heavy atom. The van der Waals surface area contributed by atoms with Crippen LogP contribution in [-0.2, 0) is 39.9 Å². The third-order valence-corrected chi connectivity index (χ3v) is 7.69. The van der Waals surface area contributed by atoms with Gasteiger partial charge in [0.05, 0.1) is 46.1 Å². The number of benzene rings is 1. The van der Waals surface area contributed by atoms with Crippen molar-refractivity contribution in [1.29, 1.82) is 0 Å². The number of fused-ring (bicyclic) bond motifs is 1. The van der Waals surface area contributed by atoms with Gasteiger partial charge in [-0.15, -0.1) is 0 Å². The van der Waals surface area contributed by atoms with Gasteiger partial charge in [-0.05, 0) is 55.9 Å². The number of anilines is 1. The Balaban J connectivity index is 1.20. The zero-order chi connectivity index (χ0) is 31.7. The van der Waals surface area contributed by atoms with Crippen LogP contribution in [0.4, 0.5) is 5.69 Å². The van der Waals surface area contributed by atoms with Crippen molar-refractivity contribution in [1.82, 2.24) is 20.9 Å². The van der Waals surface area contributed by atoms with Crippen LogP contribution in [0.1, 0.15) is 74.7 Å². The number of ether oxygens (including phenoxy) is 3. The molecule has 44 heavy (non-hydrogen) atoms. The highest BCUT2D eigenvalue weighted by Crippen LogP contribution is 2.28. The molecule has 1 aromatic carbocycles. The maximum atomic E-state index is 12.9. The van der Waals surface area contributed by atoms with Crippen molar-refractivity contribution >= 4 is 35.7 Å². The molecule has 0 bridgehead atoms. The molecular formula is C31H47N5O8. The molecule has 1 saturated carbocycles. The summed E-state index contributed by atoms with van der Waals surface area (Å²) < 4.78 is 16.6. The van der Waals surface area contributed by atoms with Gasteiger partial charge in [0.2, 0.25) is 24.1 Å². The number of nitrogens with zero attached hydrogens (tertiary/aromatic N) is 1. The molecule has 1 fully saturated rings. The van der Waals surface area contributed by atoms with E-state index in [0.29, 0.717) is 81.2 Å². The van der Waals surface area contributed by atoms with Crippen LogP contribution in [0.5, 0.6) is 0 Å². The van der Waals surface area contributed by atoms with Gasteiger partial charge in [0.25, 0.3) is 5.91 Å². The second kappa shape index (κ2) is 19.1. The number of imide groups is 1. The zero-order valence-electron chi connectivity index (χ0n) is 25.9. The van der Waals surface area contributed by atoms with Gasteiger partial charge in [-0.3, -0.25) is 29.3 Å². The standard InChI is InChI=1S/C31H47N5O8/c1-3-4-28(30(40)33-21-37)36-20-23-19-26(9-10-27(23)31(36)41)35-29(39)11-13-42-15-17-44-18-16-43-14-12-32-24-5-7-25(8-6-24)34-22(2)38/h9-10,19,21,24-25,28,32H,3-8,11-18,20H2,1-2H3,(H,34,38)(H,35,39)(H,33,37,40). The number of carbonyl (C=O) groups is 5. The van der Waals surface area contributed by atoms with E-state index in [1.807, 2.05) is 6.92 Å². The summed E-state index contributed by atoms with van der Waals surface area (Å²) in [4.78, 5) is 61.0. The highest BCUT2D eigenvalue weighted by Gasteiger charge is 2.36. The minimum Gasteiger partial charge on any atom is -0.379 e. The van der Waals surface area contributed by atoms with E-state index in [2.05, 4.69) is 21.3 Å². The fourth-order valence-electron chi connectivity index (χ4n) is 5.52. The normalized spacial score (nSPS) is 18.4. The van der Waals surface area contributed by atoms with E-state index < -0.39 is 11.9 Å². The molecule has 4 N–H and O–H groups in total. The minimum atomic E-state index is -0.738. The number of rotatable bonds is 20. The largest absolute Gasteiger partial charge is 0.379 e. The molecule has 0 saturated heterocycles. The Morgan fingerprint density at radius 3 is 2.30 bits per heavy atom. The fourth-order valence-corrected chi connectivity index (χ4v) is 5.52. The summed E-state index contributed by atoms with van der Waals surface area (Å²) in [6.07, 6.45) is 5.71. The summed E-state index contributed by atoms with van der Waals surface area (Å²) in [6, 6.07) is 5.07. The molecule has 1 heterocycles. The van der Waals surface area contributed by atoms with Gasteiger partial charge in [-0.1, -0.05) is 13.3 Å². The molecule has 13 heteroatoms. The Kier molecular flexibility index (Phi) is 15.2. The van der Waals surface area contributed by atoms with Gasteiger partial charge in [0.1, 0.15) is 6.04 Å². The molecule has 1 aliphatic heterocycles. The van der Waals surface area contributed by atoms with Crippen LogP contribution in [0, 0.1) is 0 Å². The number of nitrogens with one attached hydrogen (secondary N) is 4. The Bertz CT molecular complexity index is 1110. The lowest BCUT2D eigenvalue weighted by atomic mass is 9.91. The van der Waals surface area contributed by atoms with Gasteiger partial charge < -0.3 is 35.1 Å². The molecule has 1 atom stereocenters. The molecule has 1 aromatic rings. The van der Waals surface area contributed by atoms with Crippen molar-refractivity contribution in [3.05, 3.63) is 29.3 Å². The molecule has 2 aliphatic rings. The summed E-state index contributed by atoms with van der Waals surface area (Å²) in [5.41, 5.74) is 1.75. The van der Waals surface area contributed by atoms with Crippen LogP contribution in [-0.4, -0.2) is 99.3 Å². The first-order valence-electron chi connectivity index (χ1n) is 15.5. The van der Waals surface area contributed by atoms with Crippen molar-refractivity contribution < 1.29 is 38.2 Å². The lowest BCUT2D eigenvalue weighted by Gasteiger charge is -2.29. The Morgan fingerprint density at radius 2 is 1.64 bits per heavy atom.